The van der Waals surface area contributed by atoms with Gasteiger partial charge in [-0.05, 0) is 61.0 Å². The largest absolute Gasteiger partial charge is 0.341 e. The third kappa shape index (κ3) is 3.39. The fourth-order valence-electron chi connectivity index (χ4n) is 4.86. The monoisotopic (exact) mass is 487 g/mol. The van der Waals surface area contributed by atoms with Crippen LogP contribution in [-0.4, -0.2) is 14.5 Å². The van der Waals surface area contributed by atoms with Gasteiger partial charge < -0.3 is 4.57 Å². The van der Waals surface area contributed by atoms with Crippen molar-refractivity contribution in [1.29, 1.82) is 0 Å². The molecule has 3 aromatic heterocycles. The van der Waals surface area contributed by atoms with Gasteiger partial charge in [0, 0.05) is 33.9 Å². The highest BCUT2D eigenvalue weighted by molar-refractivity contribution is 7.22. The van der Waals surface area contributed by atoms with E-state index in [1.807, 2.05) is 12.1 Å². The van der Waals surface area contributed by atoms with Crippen LogP contribution in [0, 0.1) is 0 Å². The van der Waals surface area contributed by atoms with Gasteiger partial charge in [0.1, 0.15) is 10.0 Å². The van der Waals surface area contributed by atoms with Crippen molar-refractivity contribution >= 4 is 76.6 Å². The smallest absolute Gasteiger partial charge is 0.127 e. The predicted octanol–water partition coefficient (Wildman–Crippen LogP) is 8.62. The van der Waals surface area contributed by atoms with Crippen LogP contribution in [0.4, 0.5) is 0 Å². The molecule has 3 nitrogen and oxygen atoms in total. The van der Waals surface area contributed by atoms with Gasteiger partial charge in [-0.2, -0.15) is 0 Å². The average Bonchev–Trinajstić information content (AvgIpc) is 3.60. The summed E-state index contributed by atoms with van der Waals surface area (Å²) in [5, 5.41) is 4.58. The van der Waals surface area contributed by atoms with E-state index in [1.54, 1.807) is 22.7 Å². The molecule has 0 bridgehead atoms. The van der Waals surface area contributed by atoms with E-state index >= 15 is 0 Å². The number of para-hydroxylation sites is 3. The maximum Gasteiger partial charge on any atom is 0.127 e. The van der Waals surface area contributed by atoms with Gasteiger partial charge in [-0.25, -0.2) is 9.97 Å². The number of fused-ring (bicyclic) bond motifs is 5. The Kier molecular flexibility index (Phi) is 4.79. The number of nitrogens with zero attached hydrogens (tertiary/aromatic N) is 3. The molecule has 5 heteroatoms. The van der Waals surface area contributed by atoms with Crippen LogP contribution >= 0.6 is 22.7 Å². The summed E-state index contributed by atoms with van der Waals surface area (Å²) in [6.45, 7) is 3.15. The van der Waals surface area contributed by atoms with Crippen LogP contribution in [-0.2, 0) is 6.54 Å². The van der Waals surface area contributed by atoms with Gasteiger partial charge in [0.2, 0.25) is 0 Å². The first-order valence-electron chi connectivity index (χ1n) is 11.7. The lowest BCUT2D eigenvalue weighted by molar-refractivity contribution is 0.827. The van der Waals surface area contributed by atoms with Crippen LogP contribution in [0.3, 0.4) is 0 Å². The van der Waals surface area contributed by atoms with Crippen LogP contribution in [0.1, 0.15) is 22.5 Å². The van der Waals surface area contributed by atoms with Crippen LogP contribution in [0.2, 0.25) is 0 Å². The third-order valence-electron chi connectivity index (χ3n) is 6.47. The molecular formula is C30H21N3S2. The molecule has 0 aliphatic carbocycles. The molecule has 0 atom stereocenters. The van der Waals surface area contributed by atoms with Crippen molar-refractivity contribution in [2.75, 3.05) is 0 Å². The van der Waals surface area contributed by atoms with Crippen molar-refractivity contribution in [3.63, 3.8) is 0 Å². The van der Waals surface area contributed by atoms with Gasteiger partial charge in [0.25, 0.3) is 0 Å². The van der Waals surface area contributed by atoms with Crippen molar-refractivity contribution < 1.29 is 0 Å². The molecule has 0 amide bonds. The Balaban J connectivity index is 1.47. The molecule has 7 aromatic rings. The molecule has 0 saturated heterocycles. The lowest BCUT2D eigenvalue weighted by Gasteiger charge is -2.04. The maximum absolute atomic E-state index is 5.00. The molecule has 0 N–H and O–H groups in total. The first-order valence-corrected chi connectivity index (χ1v) is 13.4. The van der Waals surface area contributed by atoms with Crippen LogP contribution in [0.15, 0.2) is 91.0 Å². The number of rotatable bonds is 4. The molecule has 0 spiro atoms. The molecule has 0 unspecified atom stereocenters. The van der Waals surface area contributed by atoms with Crippen LogP contribution in [0.5, 0.6) is 0 Å². The van der Waals surface area contributed by atoms with E-state index in [9.17, 15) is 0 Å². The number of hydrogen-bond acceptors (Lipinski definition) is 4. The summed E-state index contributed by atoms with van der Waals surface area (Å²) in [6, 6.07) is 32.1. The fourth-order valence-corrected chi connectivity index (χ4v) is 6.89. The summed E-state index contributed by atoms with van der Waals surface area (Å²) < 4.78 is 4.77. The van der Waals surface area contributed by atoms with Crippen molar-refractivity contribution in [2.24, 2.45) is 0 Å². The number of benzene rings is 4. The normalized spacial score (nSPS) is 11.7. The average molecular weight is 488 g/mol. The summed E-state index contributed by atoms with van der Waals surface area (Å²) in [7, 11) is 0. The van der Waals surface area contributed by atoms with E-state index in [0.29, 0.717) is 0 Å². The summed E-state index contributed by atoms with van der Waals surface area (Å²) >= 11 is 3.45. The van der Waals surface area contributed by atoms with Gasteiger partial charge in [0.15, 0.2) is 0 Å². The lowest BCUT2D eigenvalue weighted by atomic mass is 10.1. The minimum atomic E-state index is 0.946. The second kappa shape index (κ2) is 8.15. The van der Waals surface area contributed by atoms with E-state index in [4.69, 9.17) is 9.97 Å². The van der Waals surface area contributed by atoms with Crippen molar-refractivity contribution in [2.45, 2.75) is 13.5 Å². The minimum absolute atomic E-state index is 0.946. The van der Waals surface area contributed by atoms with E-state index in [1.165, 1.54) is 31.2 Å². The number of aromatic nitrogens is 3. The molecule has 3 heterocycles. The molecule has 7 rings (SSSR count). The van der Waals surface area contributed by atoms with Crippen molar-refractivity contribution in [3.05, 3.63) is 107 Å². The first kappa shape index (κ1) is 20.6. The highest BCUT2D eigenvalue weighted by Gasteiger charge is 2.16. The first-order chi connectivity index (χ1) is 17.3. The second-order valence-corrected chi connectivity index (χ2v) is 10.6. The molecule has 168 valence electrons. The molecule has 0 aliphatic rings. The summed E-state index contributed by atoms with van der Waals surface area (Å²) in [4.78, 5) is 10.00. The fraction of sp³-hybridized carbons (Fsp3) is 0.0667. The highest BCUT2D eigenvalue weighted by atomic mass is 32.1. The van der Waals surface area contributed by atoms with Gasteiger partial charge >= 0.3 is 0 Å². The Hall–Kier alpha value is -3.80. The van der Waals surface area contributed by atoms with Crippen molar-refractivity contribution in [3.8, 4) is 0 Å². The van der Waals surface area contributed by atoms with E-state index in [-0.39, 0.29) is 0 Å². The van der Waals surface area contributed by atoms with E-state index in [2.05, 4.69) is 96.4 Å². The topological polar surface area (TPSA) is 30.7 Å². The zero-order valence-corrected chi connectivity index (χ0v) is 20.7. The number of hydrogen-bond donors (Lipinski definition) is 0. The molecule has 0 saturated carbocycles. The summed E-state index contributed by atoms with van der Waals surface area (Å²) in [6.07, 6.45) is 2.26. The van der Waals surface area contributed by atoms with Gasteiger partial charge in [-0.3, -0.25) is 0 Å². The highest BCUT2D eigenvalue weighted by Crippen LogP contribution is 2.37. The Morgan fingerprint density at radius 3 is 1.97 bits per heavy atom. The standard InChI is InChI=1S/C30H21N3S2/c1-2-33-25-12-6-3-9-20(25)21-17-19(15-16-26(21)33)18-22(29-31-23-10-4-7-13-27(23)34-29)30-32-24-11-5-8-14-28(24)35-30/h3-18H,2H2,1H3. The maximum atomic E-state index is 5.00. The van der Waals surface area contributed by atoms with Gasteiger partial charge in [-0.1, -0.05) is 48.5 Å². The lowest BCUT2D eigenvalue weighted by Crippen LogP contribution is -1.92. The number of aryl methyl sites for hydroxylation is 1. The zero-order valence-electron chi connectivity index (χ0n) is 19.1. The SMILES string of the molecule is CCn1c2ccccc2c2cc(C=C(c3nc4ccccc4s3)c3nc4ccccc4s3)ccc21. The predicted molar refractivity (Wildman–Crippen MR) is 151 cm³/mol. The Morgan fingerprint density at radius 1 is 0.714 bits per heavy atom. The van der Waals surface area contributed by atoms with E-state index in [0.717, 1.165) is 38.7 Å². The molecule has 35 heavy (non-hydrogen) atoms. The van der Waals surface area contributed by atoms with E-state index < -0.39 is 0 Å². The van der Waals surface area contributed by atoms with Gasteiger partial charge in [-0.15, -0.1) is 22.7 Å². The quantitative estimate of drug-likeness (QED) is 0.249. The molecule has 4 aromatic carbocycles. The molecular weight excluding hydrogens is 466 g/mol. The number of thiazole rings is 2. The summed E-state index contributed by atoms with van der Waals surface area (Å²) in [5.41, 5.74) is 6.84. The minimum Gasteiger partial charge on any atom is -0.341 e. The zero-order chi connectivity index (χ0) is 23.4. The van der Waals surface area contributed by atoms with Crippen molar-refractivity contribution in [1.82, 2.24) is 14.5 Å². The summed E-state index contributed by atoms with van der Waals surface area (Å²) in [5.74, 6) is 0. The Labute approximate surface area is 210 Å². The molecule has 0 fully saturated rings. The Morgan fingerprint density at radius 2 is 1.31 bits per heavy atom. The third-order valence-corrected chi connectivity index (χ3v) is 8.61. The van der Waals surface area contributed by atoms with Crippen LogP contribution < -0.4 is 0 Å². The van der Waals surface area contributed by atoms with Crippen LogP contribution in [0.25, 0.3) is 53.9 Å². The Bertz CT molecular complexity index is 1760. The molecule has 0 aliphatic heterocycles. The van der Waals surface area contributed by atoms with Gasteiger partial charge in [0.05, 0.1) is 20.4 Å². The second-order valence-electron chi connectivity index (χ2n) is 8.57. The molecule has 0 radical (unpaired) electrons.